The molecule has 7 nitrogen and oxygen atoms in total. The summed E-state index contributed by atoms with van der Waals surface area (Å²) >= 11 is 1.60. The monoisotopic (exact) mass is 378 g/mol. The van der Waals surface area contributed by atoms with Crippen molar-refractivity contribution in [2.45, 2.75) is 30.4 Å². The van der Waals surface area contributed by atoms with Crippen molar-refractivity contribution in [3.05, 3.63) is 23.3 Å². The predicted molar refractivity (Wildman–Crippen MR) is 96.7 cm³/mol. The van der Waals surface area contributed by atoms with Gasteiger partial charge >= 0.3 is 0 Å². The molecule has 1 N–H and O–H groups in total. The molecule has 2 unspecified atom stereocenters. The molecule has 0 aromatic heterocycles. The predicted octanol–water partition coefficient (Wildman–Crippen LogP) is 1.57. The lowest BCUT2D eigenvalue weighted by atomic mass is 10.1. The number of amides is 2. The molecule has 0 radical (unpaired) electrons. The van der Waals surface area contributed by atoms with Gasteiger partial charge in [0.2, 0.25) is 5.91 Å². The van der Waals surface area contributed by atoms with Crippen molar-refractivity contribution in [1.29, 1.82) is 0 Å². The van der Waals surface area contributed by atoms with Gasteiger partial charge in [0, 0.05) is 24.5 Å². The number of carbonyl (C=O) groups is 2. The largest absolute Gasteiger partial charge is 0.493 e. The molecule has 0 bridgehead atoms. The number of hydrogen-bond acceptors (Lipinski definition) is 6. The summed E-state index contributed by atoms with van der Waals surface area (Å²) in [7, 11) is 3.06. The minimum atomic E-state index is -0.484. The Hall–Kier alpha value is -1.93. The molecule has 4 rings (SSSR count). The van der Waals surface area contributed by atoms with Crippen molar-refractivity contribution in [2.75, 3.05) is 33.1 Å². The summed E-state index contributed by atoms with van der Waals surface area (Å²) in [6.07, 6.45) is 2.08. The van der Waals surface area contributed by atoms with Gasteiger partial charge in [-0.05, 0) is 18.9 Å². The third kappa shape index (κ3) is 2.72. The second-order valence-corrected chi connectivity index (χ2v) is 7.67. The number of benzene rings is 1. The molecule has 3 heterocycles. The Bertz CT molecular complexity index is 735. The van der Waals surface area contributed by atoms with E-state index in [1.165, 1.54) is 7.11 Å². The summed E-state index contributed by atoms with van der Waals surface area (Å²) in [6.45, 7) is 1.25. The van der Waals surface area contributed by atoms with Crippen LogP contribution >= 0.6 is 11.8 Å². The lowest BCUT2D eigenvalue weighted by Gasteiger charge is -2.23. The van der Waals surface area contributed by atoms with E-state index in [1.54, 1.807) is 29.8 Å². The third-order valence-corrected chi connectivity index (χ3v) is 6.43. The number of hydrogen-bond donors (Lipinski definition) is 1. The van der Waals surface area contributed by atoms with E-state index in [0.29, 0.717) is 29.4 Å². The van der Waals surface area contributed by atoms with Gasteiger partial charge in [-0.1, -0.05) is 6.07 Å². The van der Waals surface area contributed by atoms with Crippen LogP contribution in [0.1, 0.15) is 34.1 Å². The number of thioether (sulfide) groups is 1. The summed E-state index contributed by atoms with van der Waals surface area (Å²) in [4.78, 5) is 27.4. The van der Waals surface area contributed by atoms with E-state index in [4.69, 9.17) is 14.2 Å². The van der Waals surface area contributed by atoms with E-state index in [1.807, 2.05) is 6.07 Å². The van der Waals surface area contributed by atoms with Crippen molar-refractivity contribution >= 4 is 23.6 Å². The van der Waals surface area contributed by atoms with Gasteiger partial charge in [-0.15, -0.1) is 11.8 Å². The highest BCUT2D eigenvalue weighted by Crippen LogP contribution is 2.52. The molecule has 3 aliphatic heterocycles. The van der Waals surface area contributed by atoms with Gasteiger partial charge in [-0.2, -0.15) is 0 Å². The van der Waals surface area contributed by atoms with E-state index in [0.717, 1.165) is 25.0 Å². The standard InChI is InChI=1S/C18H22N2O5S/c1-23-13-6-5-11-14(15(13)24-2)17(22)20-12(9-26-18(11)20)16(21)19-8-10-4-3-7-25-10/h5-6,10,12,18H,3-4,7-9H2,1-2H3,(H,19,21)/t10?,12-,18?/m0/s1. The van der Waals surface area contributed by atoms with Crippen molar-refractivity contribution in [1.82, 2.24) is 10.2 Å². The van der Waals surface area contributed by atoms with Crippen LogP contribution in [0.4, 0.5) is 0 Å². The van der Waals surface area contributed by atoms with Crippen molar-refractivity contribution in [3.8, 4) is 11.5 Å². The topological polar surface area (TPSA) is 77.1 Å². The number of nitrogens with zero attached hydrogens (tertiary/aromatic N) is 1. The minimum absolute atomic E-state index is 0.0830. The Labute approximate surface area is 156 Å². The molecular weight excluding hydrogens is 356 g/mol. The lowest BCUT2D eigenvalue weighted by Crippen LogP contribution is -2.47. The maximum Gasteiger partial charge on any atom is 0.260 e. The third-order valence-electron chi connectivity index (χ3n) is 5.12. The zero-order chi connectivity index (χ0) is 18.3. The quantitative estimate of drug-likeness (QED) is 0.838. The fourth-order valence-corrected chi connectivity index (χ4v) is 5.29. The highest BCUT2D eigenvalue weighted by Gasteiger charge is 2.50. The van der Waals surface area contributed by atoms with Crippen LogP contribution in [0.15, 0.2) is 12.1 Å². The molecule has 0 saturated carbocycles. The molecular formula is C18H22N2O5S. The SMILES string of the molecule is COc1ccc2c(c1OC)C(=O)N1C2SC[C@H]1C(=O)NCC1CCCO1. The Morgan fingerprint density at radius 1 is 1.38 bits per heavy atom. The smallest absolute Gasteiger partial charge is 0.260 e. The zero-order valence-corrected chi connectivity index (χ0v) is 15.6. The normalized spacial score (nSPS) is 26.6. The number of fused-ring (bicyclic) bond motifs is 3. The summed E-state index contributed by atoms with van der Waals surface area (Å²) in [5.74, 6) is 1.24. The molecule has 3 aliphatic rings. The first kappa shape index (κ1) is 17.5. The maximum absolute atomic E-state index is 13.1. The molecule has 140 valence electrons. The van der Waals surface area contributed by atoms with E-state index >= 15 is 0 Å². The van der Waals surface area contributed by atoms with E-state index in [2.05, 4.69) is 5.32 Å². The summed E-state index contributed by atoms with van der Waals surface area (Å²) in [6, 6.07) is 3.21. The first-order valence-corrected chi connectivity index (χ1v) is 9.79. The van der Waals surface area contributed by atoms with Gasteiger partial charge in [0.05, 0.1) is 25.9 Å². The Morgan fingerprint density at radius 2 is 2.23 bits per heavy atom. The van der Waals surface area contributed by atoms with Gasteiger partial charge in [-0.3, -0.25) is 9.59 Å². The first-order valence-electron chi connectivity index (χ1n) is 8.74. The summed E-state index contributed by atoms with van der Waals surface area (Å²) in [5, 5.41) is 2.79. The average molecular weight is 378 g/mol. The number of nitrogens with one attached hydrogen (secondary N) is 1. The molecule has 26 heavy (non-hydrogen) atoms. The number of carbonyl (C=O) groups excluding carboxylic acids is 2. The van der Waals surface area contributed by atoms with Crippen LogP contribution in [0.5, 0.6) is 11.5 Å². The minimum Gasteiger partial charge on any atom is -0.493 e. The van der Waals surface area contributed by atoms with Crippen LogP contribution in [-0.4, -0.2) is 62.0 Å². The van der Waals surface area contributed by atoms with Crippen LogP contribution in [-0.2, 0) is 9.53 Å². The fraction of sp³-hybridized carbons (Fsp3) is 0.556. The van der Waals surface area contributed by atoms with Crippen LogP contribution in [0.2, 0.25) is 0 Å². The molecule has 2 fully saturated rings. The maximum atomic E-state index is 13.1. The Balaban J connectivity index is 1.54. The van der Waals surface area contributed by atoms with Crippen LogP contribution < -0.4 is 14.8 Å². The lowest BCUT2D eigenvalue weighted by molar-refractivity contribution is -0.125. The highest BCUT2D eigenvalue weighted by molar-refractivity contribution is 7.99. The Morgan fingerprint density at radius 3 is 2.92 bits per heavy atom. The van der Waals surface area contributed by atoms with Gasteiger partial charge in [-0.25, -0.2) is 0 Å². The summed E-state index contributed by atoms with van der Waals surface area (Å²) < 4.78 is 16.3. The van der Waals surface area contributed by atoms with Crippen LogP contribution in [0.25, 0.3) is 0 Å². The molecule has 2 saturated heterocycles. The molecule has 3 atom stereocenters. The van der Waals surface area contributed by atoms with Crippen LogP contribution in [0.3, 0.4) is 0 Å². The Kier molecular flexibility index (Phi) is 4.71. The molecule has 2 amide bonds. The molecule has 1 aromatic rings. The second-order valence-electron chi connectivity index (χ2n) is 6.56. The van der Waals surface area contributed by atoms with Gasteiger partial charge in [0.15, 0.2) is 11.5 Å². The molecule has 0 spiro atoms. The van der Waals surface area contributed by atoms with Crippen LogP contribution in [0, 0.1) is 0 Å². The molecule has 1 aromatic carbocycles. The second kappa shape index (κ2) is 7.00. The van der Waals surface area contributed by atoms with Gasteiger partial charge in [0.1, 0.15) is 11.4 Å². The zero-order valence-electron chi connectivity index (χ0n) is 14.8. The van der Waals surface area contributed by atoms with Gasteiger partial charge in [0.25, 0.3) is 5.91 Å². The molecule has 0 aliphatic carbocycles. The van der Waals surface area contributed by atoms with Gasteiger partial charge < -0.3 is 24.4 Å². The number of rotatable bonds is 5. The highest BCUT2D eigenvalue weighted by atomic mass is 32.2. The average Bonchev–Trinajstić information content (AvgIpc) is 3.37. The van der Waals surface area contributed by atoms with E-state index in [9.17, 15) is 9.59 Å². The van der Waals surface area contributed by atoms with E-state index in [-0.39, 0.29) is 23.3 Å². The fourth-order valence-electron chi connectivity index (χ4n) is 3.83. The molecule has 8 heteroatoms. The number of ether oxygens (including phenoxy) is 3. The van der Waals surface area contributed by atoms with E-state index < -0.39 is 6.04 Å². The van der Waals surface area contributed by atoms with Crippen molar-refractivity contribution in [3.63, 3.8) is 0 Å². The number of methoxy groups -OCH3 is 2. The van der Waals surface area contributed by atoms with Crippen molar-refractivity contribution in [2.24, 2.45) is 0 Å². The summed E-state index contributed by atoms with van der Waals surface area (Å²) in [5.41, 5.74) is 1.38. The first-order chi connectivity index (χ1) is 12.7. The van der Waals surface area contributed by atoms with Crippen molar-refractivity contribution < 1.29 is 23.8 Å².